The highest BCUT2D eigenvalue weighted by molar-refractivity contribution is 6.06. The predicted molar refractivity (Wildman–Crippen MR) is 290 cm³/mol. The fourth-order valence-electron chi connectivity index (χ4n) is 13.6. The Labute approximate surface area is 448 Å². The molecule has 1 aliphatic carbocycles. The van der Waals surface area contributed by atoms with Crippen LogP contribution in [0.25, 0.3) is 32.9 Å². The second-order valence-electron chi connectivity index (χ2n) is 24.2. The van der Waals surface area contributed by atoms with Gasteiger partial charge in [0.15, 0.2) is 5.82 Å². The molecule has 1 saturated carbocycles. The average Bonchev–Trinajstić information content (AvgIpc) is 4.16. The highest BCUT2D eigenvalue weighted by Crippen LogP contribution is 2.48. The van der Waals surface area contributed by atoms with Crippen LogP contribution in [-0.2, 0) is 22.6 Å². The number of rotatable bonds is 13. The van der Waals surface area contributed by atoms with Crippen molar-refractivity contribution in [2.75, 3.05) is 94.9 Å². The lowest BCUT2D eigenvalue weighted by molar-refractivity contribution is -0.136. The molecule has 5 saturated heterocycles. The van der Waals surface area contributed by atoms with E-state index >= 15 is 8.78 Å². The van der Waals surface area contributed by atoms with E-state index in [1.54, 1.807) is 30.2 Å². The van der Waals surface area contributed by atoms with Gasteiger partial charge in [0.1, 0.15) is 34.6 Å². The molecule has 3 amide bonds. The summed E-state index contributed by atoms with van der Waals surface area (Å²) in [5.41, 5.74) is 2.59. The Balaban J connectivity index is 0.645. The summed E-state index contributed by atoms with van der Waals surface area (Å²) in [7, 11) is 0. The van der Waals surface area contributed by atoms with Crippen molar-refractivity contribution in [3.63, 3.8) is 0 Å². The Morgan fingerprint density at radius 3 is 2.31 bits per heavy atom. The number of ether oxygens (including phenoxy) is 1. The van der Waals surface area contributed by atoms with Crippen molar-refractivity contribution in [1.82, 2.24) is 39.9 Å². The second kappa shape index (κ2) is 20.3. The number of piperidine rings is 4. The number of hydrogen-bond acceptors (Lipinski definition) is 14. The van der Waals surface area contributed by atoms with Gasteiger partial charge in [-0.2, -0.15) is 9.97 Å². The van der Waals surface area contributed by atoms with E-state index in [2.05, 4.69) is 42.9 Å². The molecule has 6 aliphatic heterocycles. The summed E-state index contributed by atoms with van der Waals surface area (Å²) in [4.78, 5) is 65.7. The Hall–Kier alpha value is -6.08. The number of benzene rings is 3. The van der Waals surface area contributed by atoms with Crippen LogP contribution in [0, 0.1) is 22.5 Å². The maximum absolute atomic E-state index is 17.2. The van der Waals surface area contributed by atoms with Gasteiger partial charge in [-0.1, -0.05) is 19.9 Å². The zero-order chi connectivity index (χ0) is 53.4. The molecule has 18 heteroatoms. The zero-order valence-corrected chi connectivity index (χ0v) is 44.8. The molecule has 5 aromatic rings. The van der Waals surface area contributed by atoms with Crippen LogP contribution in [0.4, 0.5) is 20.3 Å². The third kappa shape index (κ3) is 10.3. The number of aryl methyl sites for hydroxylation is 1. The summed E-state index contributed by atoms with van der Waals surface area (Å²) in [6, 6.07) is 12.0. The van der Waals surface area contributed by atoms with Gasteiger partial charge in [0.2, 0.25) is 11.8 Å². The van der Waals surface area contributed by atoms with Gasteiger partial charge in [-0.3, -0.25) is 29.6 Å². The number of carbonyl (C=O) groups is 3. The number of fused-ring (bicyclic) bond motifs is 3. The molecule has 408 valence electrons. The highest BCUT2D eigenvalue weighted by atomic mass is 19.1. The summed E-state index contributed by atoms with van der Waals surface area (Å²) >= 11 is 0. The van der Waals surface area contributed by atoms with Crippen molar-refractivity contribution in [3.05, 3.63) is 77.0 Å². The minimum Gasteiger partial charge on any atom is -0.508 e. The van der Waals surface area contributed by atoms with Gasteiger partial charge in [0, 0.05) is 113 Å². The van der Waals surface area contributed by atoms with Crippen molar-refractivity contribution in [3.8, 4) is 23.0 Å². The summed E-state index contributed by atoms with van der Waals surface area (Å²) in [6.07, 6.45) is 10.4. The van der Waals surface area contributed by atoms with E-state index in [1.807, 2.05) is 24.0 Å². The van der Waals surface area contributed by atoms with Crippen LogP contribution >= 0.6 is 0 Å². The standard InChI is InChI=1S/C59H72F2N10O6/c1-4-42-46(60)9-6-37-29-41(72)30-44(49(37)42)51-50(61)52-45(31-62-51)53(70-19-5-14-58(3,76)34-70)65-56(64-52)77-36-59(15-16-59)35-66-22-17-57(2,18-23-66)33-67-24-26-69(27-25-67)39-12-20-68(21-13-39)40-7-8-43-38(28-40)32-71(55(43)75)47-10-11-48(73)63-54(47)74/h6-9,28-31,39,47,72,76H,4-5,10-27,32-36H2,1-3H3,(H,63,73,74)/t47?,58-/m1/s1. The maximum Gasteiger partial charge on any atom is 0.319 e. The van der Waals surface area contributed by atoms with Crippen LogP contribution in [0.1, 0.15) is 106 Å². The average molecular weight is 1060 g/mol. The third-order valence-corrected chi connectivity index (χ3v) is 18.3. The van der Waals surface area contributed by atoms with Crippen LogP contribution in [-0.4, -0.2) is 165 Å². The molecule has 2 atom stereocenters. The Morgan fingerprint density at radius 1 is 0.818 bits per heavy atom. The number of piperazine rings is 1. The third-order valence-electron chi connectivity index (χ3n) is 18.3. The van der Waals surface area contributed by atoms with Gasteiger partial charge in [-0.05, 0) is 148 Å². The van der Waals surface area contributed by atoms with E-state index in [0.29, 0.717) is 84.6 Å². The first-order valence-corrected chi connectivity index (χ1v) is 28.2. The number of phenolic OH excluding ortho intramolecular Hbond substituents is 1. The zero-order valence-electron chi connectivity index (χ0n) is 44.8. The van der Waals surface area contributed by atoms with Crippen LogP contribution in [0.5, 0.6) is 11.8 Å². The van der Waals surface area contributed by atoms with E-state index in [-0.39, 0.29) is 63.5 Å². The number of phenols is 1. The van der Waals surface area contributed by atoms with Gasteiger partial charge < -0.3 is 39.4 Å². The van der Waals surface area contributed by atoms with Gasteiger partial charge in [-0.15, -0.1) is 0 Å². The Bertz CT molecular complexity index is 3130. The number of aromatic hydroxyl groups is 1. The molecule has 0 bridgehead atoms. The van der Waals surface area contributed by atoms with Crippen molar-refractivity contribution >= 4 is 50.9 Å². The fourth-order valence-corrected chi connectivity index (χ4v) is 13.6. The number of β-amino-alcohol motifs (C(OH)–C–C–N with tert-alkyl or cyclic N) is 1. The number of amides is 3. The molecule has 16 nitrogen and oxygen atoms in total. The second-order valence-corrected chi connectivity index (χ2v) is 24.2. The summed E-state index contributed by atoms with van der Waals surface area (Å²) in [5.74, 6) is -1.56. The van der Waals surface area contributed by atoms with Crippen molar-refractivity contribution < 1.29 is 38.1 Å². The highest BCUT2D eigenvalue weighted by Gasteiger charge is 2.47. The number of halogens is 2. The summed E-state index contributed by atoms with van der Waals surface area (Å²) in [6.45, 7) is 18.1. The first-order chi connectivity index (χ1) is 37.0. The number of carbonyl (C=O) groups excluding carboxylic acids is 3. The topological polar surface area (TPSA) is 171 Å². The number of aromatic nitrogens is 3. The minimum absolute atomic E-state index is 0.0190. The van der Waals surface area contributed by atoms with Gasteiger partial charge in [-0.25, -0.2) is 8.78 Å². The number of anilines is 2. The Morgan fingerprint density at radius 2 is 1.58 bits per heavy atom. The number of likely N-dealkylation sites (tertiary alicyclic amines) is 1. The Kier molecular flexibility index (Phi) is 13.6. The van der Waals surface area contributed by atoms with E-state index in [9.17, 15) is 24.6 Å². The molecular formula is C59H72F2N10O6. The van der Waals surface area contributed by atoms with Crippen LogP contribution in [0.2, 0.25) is 0 Å². The molecular weight excluding hydrogens is 983 g/mol. The summed E-state index contributed by atoms with van der Waals surface area (Å²) < 4.78 is 38.9. The first-order valence-electron chi connectivity index (χ1n) is 28.2. The van der Waals surface area contributed by atoms with Crippen molar-refractivity contribution in [2.24, 2.45) is 10.8 Å². The number of pyridine rings is 1. The molecule has 3 N–H and O–H groups in total. The lowest BCUT2D eigenvalue weighted by atomic mass is 9.79. The van der Waals surface area contributed by atoms with E-state index in [0.717, 1.165) is 122 Å². The molecule has 1 unspecified atom stereocenters. The molecule has 3 aromatic carbocycles. The molecule has 8 heterocycles. The fraction of sp³-hybridized carbons (Fsp3) is 0.559. The normalized spacial score (nSPS) is 24.5. The number of aliphatic hydroxyl groups is 1. The van der Waals surface area contributed by atoms with Gasteiger partial charge >= 0.3 is 6.01 Å². The van der Waals surface area contributed by atoms with Crippen LogP contribution in [0.15, 0.2) is 48.7 Å². The first kappa shape index (κ1) is 51.7. The molecule has 77 heavy (non-hydrogen) atoms. The molecule has 12 rings (SSSR count). The molecule has 7 aliphatic rings. The molecule has 6 fully saturated rings. The quantitative estimate of drug-likeness (QED) is 0.103. The maximum atomic E-state index is 17.2. The number of imide groups is 1. The molecule has 2 aromatic heterocycles. The van der Waals surface area contributed by atoms with Gasteiger partial charge in [0.25, 0.3) is 5.91 Å². The lowest BCUT2D eigenvalue weighted by Gasteiger charge is -2.47. The van der Waals surface area contributed by atoms with Crippen LogP contribution < -0.4 is 19.9 Å². The van der Waals surface area contributed by atoms with Crippen molar-refractivity contribution in [2.45, 2.75) is 116 Å². The number of hydrogen-bond donors (Lipinski definition) is 3. The monoisotopic (exact) mass is 1050 g/mol. The van der Waals surface area contributed by atoms with Crippen LogP contribution in [0.3, 0.4) is 0 Å². The van der Waals surface area contributed by atoms with E-state index in [1.165, 1.54) is 12.1 Å². The van der Waals surface area contributed by atoms with Gasteiger partial charge in [0.05, 0.1) is 17.6 Å². The summed E-state index contributed by atoms with van der Waals surface area (Å²) in [5, 5.41) is 25.8. The largest absolute Gasteiger partial charge is 0.508 e. The number of nitrogens with zero attached hydrogens (tertiary/aromatic N) is 9. The van der Waals surface area contributed by atoms with Crippen molar-refractivity contribution in [1.29, 1.82) is 0 Å². The smallest absolute Gasteiger partial charge is 0.319 e. The number of nitrogens with one attached hydrogen (secondary N) is 1. The molecule has 0 spiro atoms. The van der Waals surface area contributed by atoms with E-state index in [4.69, 9.17) is 14.7 Å². The minimum atomic E-state index is -0.964. The SMILES string of the molecule is CCc1c(F)ccc2cc(O)cc(-c3ncc4c(N5CCC[C@@](C)(O)C5)nc(OCC5(CN6CCC(C)(CN7CCN(C8CCN(c9ccc%10c(c9)CN(C9CCC(=O)NC9=O)C%10=O)CC8)CC7)CC6)CC5)nc4c3F)c12. The molecule has 0 radical (unpaired) electrons. The van der Waals surface area contributed by atoms with E-state index < -0.39 is 23.3 Å². The lowest BCUT2D eigenvalue weighted by Crippen LogP contribution is -2.55. The predicted octanol–water partition coefficient (Wildman–Crippen LogP) is 7.05.